The molecular weight excluding hydrogens is 330 g/mol. The number of nitrogens with two attached hydrogens (primary N) is 2. The van der Waals surface area contributed by atoms with E-state index in [4.69, 9.17) is 26.8 Å². The van der Waals surface area contributed by atoms with Gasteiger partial charge in [0.1, 0.15) is 0 Å². The molecule has 0 aliphatic heterocycles. The summed E-state index contributed by atoms with van der Waals surface area (Å²) in [5, 5.41) is 26.7. The molecule has 0 atom stereocenters. The summed E-state index contributed by atoms with van der Waals surface area (Å²) in [5.41, 5.74) is 10.9. The molecule has 0 unspecified atom stereocenters. The van der Waals surface area contributed by atoms with Crippen LogP contribution in [0.5, 0.6) is 0 Å². The van der Waals surface area contributed by atoms with Crippen molar-refractivity contribution < 1.29 is 29.7 Å². The van der Waals surface area contributed by atoms with Crippen LogP contribution in [0.4, 0.5) is 0 Å². The summed E-state index contributed by atoms with van der Waals surface area (Å²) in [7, 11) is 0. The van der Waals surface area contributed by atoms with E-state index < -0.39 is 17.9 Å². The lowest BCUT2D eigenvalue weighted by atomic mass is 10.4. The Morgan fingerprint density at radius 2 is 0.880 bits per heavy atom. The zero-order valence-electron chi connectivity index (χ0n) is 15.2. The Morgan fingerprint density at radius 3 is 0.960 bits per heavy atom. The predicted molar refractivity (Wildman–Crippen MR) is 98.3 cm³/mol. The van der Waals surface area contributed by atoms with Crippen molar-refractivity contribution >= 4 is 17.9 Å². The molecule has 0 aromatic carbocycles. The van der Waals surface area contributed by atoms with E-state index in [1.807, 2.05) is 0 Å². The molecule has 0 fully saturated rings. The van der Waals surface area contributed by atoms with Crippen molar-refractivity contribution in [2.75, 3.05) is 26.2 Å². The van der Waals surface area contributed by atoms with Crippen LogP contribution >= 0.6 is 0 Å². The molecule has 9 heteroatoms. The second-order valence-electron chi connectivity index (χ2n) is 4.58. The molecule has 25 heavy (non-hydrogen) atoms. The SMILES string of the molecule is C=C(C)C(=O)O.C=C(C)C(=O)O.C=C(C)C(=O)O.NCCNCCN. The lowest BCUT2D eigenvalue weighted by Gasteiger charge is -1.95. The van der Waals surface area contributed by atoms with Gasteiger partial charge in [-0.05, 0) is 20.8 Å². The smallest absolute Gasteiger partial charge is 0.330 e. The number of aliphatic carboxylic acids is 3. The first-order valence-electron chi connectivity index (χ1n) is 7.12. The van der Waals surface area contributed by atoms with Gasteiger partial charge in [-0.3, -0.25) is 0 Å². The molecule has 0 aliphatic rings. The van der Waals surface area contributed by atoms with Gasteiger partial charge in [-0.15, -0.1) is 0 Å². The monoisotopic (exact) mass is 361 g/mol. The van der Waals surface area contributed by atoms with Crippen molar-refractivity contribution in [2.24, 2.45) is 11.5 Å². The number of carboxylic acid groups (broad SMARTS) is 3. The molecule has 0 radical (unpaired) electrons. The highest BCUT2D eigenvalue weighted by Crippen LogP contribution is 1.82. The van der Waals surface area contributed by atoms with Crippen LogP contribution < -0.4 is 16.8 Å². The standard InChI is InChI=1S/C4H13N3.3C4H6O2/c5-1-3-7-4-2-6;3*1-3(2)4(5)6/h7H,1-6H2;3*1H2,2H3,(H,5,6). The third kappa shape index (κ3) is 44.9. The Morgan fingerprint density at radius 1 is 0.720 bits per heavy atom. The van der Waals surface area contributed by atoms with Crippen LogP contribution in [0.1, 0.15) is 20.8 Å². The van der Waals surface area contributed by atoms with Gasteiger partial charge in [-0.1, -0.05) is 19.7 Å². The third-order valence-electron chi connectivity index (χ3n) is 1.74. The van der Waals surface area contributed by atoms with Gasteiger partial charge < -0.3 is 32.1 Å². The van der Waals surface area contributed by atoms with Gasteiger partial charge in [-0.2, -0.15) is 0 Å². The zero-order valence-corrected chi connectivity index (χ0v) is 15.2. The first-order chi connectivity index (χ1) is 11.3. The van der Waals surface area contributed by atoms with Crippen molar-refractivity contribution in [3.63, 3.8) is 0 Å². The number of carboxylic acids is 3. The van der Waals surface area contributed by atoms with Gasteiger partial charge in [0.2, 0.25) is 0 Å². The number of nitrogens with one attached hydrogen (secondary N) is 1. The van der Waals surface area contributed by atoms with E-state index in [1.54, 1.807) is 0 Å². The quantitative estimate of drug-likeness (QED) is 0.277. The average molecular weight is 361 g/mol. The van der Waals surface area contributed by atoms with Crippen LogP contribution in [0.2, 0.25) is 0 Å². The number of hydrogen-bond donors (Lipinski definition) is 6. The fourth-order valence-corrected chi connectivity index (χ4v) is 0.329. The third-order valence-corrected chi connectivity index (χ3v) is 1.74. The minimum absolute atomic E-state index is 0.176. The highest BCUT2D eigenvalue weighted by atomic mass is 16.4. The normalized spacial score (nSPS) is 8.04. The molecule has 0 rings (SSSR count). The fourth-order valence-electron chi connectivity index (χ4n) is 0.329. The van der Waals surface area contributed by atoms with Gasteiger partial charge in [0.15, 0.2) is 0 Å². The molecule has 9 nitrogen and oxygen atoms in total. The van der Waals surface area contributed by atoms with E-state index in [2.05, 4.69) is 25.1 Å². The molecule has 0 aromatic heterocycles. The molecular formula is C16H31N3O6. The number of rotatable bonds is 7. The predicted octanol–water partition coefficient (Wildman–Crippen LogP) is 0.435. The van der Waals surface area contributed by atoms with Crippen LogP contribution in [0.15, 0.2) is 36.5 Å². The van der Waals surface area contributed by atoms with E-state index in [9.17, 15) is 14.4 Å². The summed E-state index contributed by atoms with van der Waals surface area (Å²) in [6, 6.07) is 0. The lowest BCUT2D eigenvalue weighted by molar-refractivity contribution is -0.133. The molecule has 0 heterocycles. The molecule has 0 aliphatic carbocycles. The summed E-state index contributed by atoms with van der Waals surface area (Å²) in [5.74, 6) is -2.81. The van der Waals surface area contributed by atoms with Crippen LogP contribution in [0.25, 0.3) is 0 Å². The summed E-state index contributed by atoms with van der Waals surface area (Å²) in [6.07, 6.45) is 0. The van der Waals surface area contributed by atoms with Gasteiger partial charge >= 0.3 is 17.9 Å². The molecule has 0 amide bonds. The van der Waals surface area contributed by atoms with E-state index in [0.717, 1.165) is 13.1 Å². The van der Waals surface area contributed by atoms with Crippen LogP contribution in [-0.4, -0.2) is 59.4 Å². The van der Waals surface area contributed by atoms with Gasteiger partial charge in [0, 0.05) is 42.9 Å². The first-order valence-corrected chi connectivity index (χ1v) is 7.12. The molecule has 0 aromatic rings. The molecule has 8 N–H and O–H groups in total. The van der Waals surface area contributed by atoms with Crippen LogP contribution in [-0.2, 0) is 14.4 Å². The van der Waals surface area contributed by atoms with Crippen LogP contribution in [0.3, 0.4) is 0 Å². The first kappa shape index (κ1) is 30.4. The van der Waals surface area contributed by atoms with Crippen molar-refractivity contribution in [3.8, 4) is 0 Å². The Bertz CT molecular complexity index is 350. The zero-order chi connectivity index (χ0) is 21.0. The largest absolute Gasteiger partial charge is 0.478 e. The van der Waals surface area contributed by atoms with E-state index in [0.29, 0.717) is 13.1 Å². The van der Waals surface area contributed by atoms with Crippen molar-refractivity contribution in [1.82, 2.24) is 5.32 Å². The summed E-state index contributed by atoms with van der Waals surface area (Å²) in [4.78, 5) is 28.8. The molecule has 146 valence electrons. The molecule has 0 saturated carbocycles. The summed E-state index contributed by atoms with van der Waals surface area (Å²) < 4.78 is 0. The minimum atomic E-state index is -0.935. The Labute approximate surface area is 148 Å². The maximum Gasteiger partial charge on any atom is 0.330 e. The van der Waals surface area contributed by atoms with Gasteiger partial charge in [0.25, 0.3) is 0 Å². The Balaban J connectivity index is -0.000000118. The molecule has 0 saturated heterocycles. The second kappa shape index (κ2) is 21.5. The maximum atomic E-state index is 9.60. The molecule has 0 bridgehead atoms. The fraction of sp³-hybridized carbons (Fsp3) is 0.438. The Hall–Kier alpha value is -2.49. The van der Waals surface area contributed by atoms with Gasteiger partial charge in [-0.25, -0.2) is 14.4 Å². The summed E-state index contributed by atoms with van der Waals surface area (Å²) in [6.45, 7) is 16.9. The van der Waals surface area contributed by atoms with E-state index in [1.165, 1.54) is 20.8 Å². The highest BCUT2D eigenvalue weighted by Gasteiger charge is 1.91. The van der Waals surface area contributed by atoms with Crippen molar-refractivity contribution in [1.29, 1.82) is 0 Å². The van der Waals surface area contributed by atoms with Crippen molar-refractivity contribution in [2.45, 2.75) is 20.8 Å². The van der Waals surface area contributed by atoms with Crippen molar-refractivity contribution in [3.05, 3.63) is 36.5 Å². The average Bonchev–Trinajstić information content (AvgIpc) is 2.49. The van der Waals surface area contributed by atoms with Crippen LogP contribution in [0, 0.1) is 0 Å². The number of hydrogen-bond acceptors (Lipinski definition) is 6. The molecule has 0 spiro atoms. The Kier molecular flexibility index (Phi) is 26.2. The maximum absolute atomic E-state index is 9.60. The van der Waals surface area contributed by atoms with Gasteiger partial charge in [0.05, 0.1) is 0 Å². The number of carbonyl (C=O) groups is 3. The minimum Gasteiger partial charge on any atom is -0.478 e. The second-order valence-corrected chi connectivity index (χ2v) is 4.58. The summed E-state index contributed by atoms with van der Waals surface area (Å²) >= 11 is 0. The highest BCUT2D eigenvalue weighted by molar-refractivity contribution is 5.85. The topological polar surface area (TPSA) is 176 Å². The van der Waals surface area contributed by atoms with E-state index in [-0.39, 0.29) is 16.7 Å². The lowest BCUT2D eigenvalue weighted by Crippen LogP contribution is -2.27. The van der Waals surface area contributed by atoms with E-state index >= 15 is 0 Å².